The predicted molar refractivity (Wildman–Crippen MR) is 89.2 cm³/mol. The van der Waals surface area contributed by atoms with Gasteiger partial charge in [0.2, 0.25) is 0 Å². The Labute approximate surface area is 138 Å². The minimum Gasteiger partial charge on any atom is -0.493 e. The van der Waals surface area contributed by atoms with Crippen molar-refractivity contribution < 1.29 is 9.47 Å². The molecule has 0 spiro atoms. The molecule has 0 aromatic heterocycles. The Kier molecular flexibility index (Phi) is 5.91. The van der Waals surface area contributed by atoms with Crippen molar-refractivity contribution in [3.8, 4) is 11.5 Å². The van der Waals surface area contributed by atoms with E-state index in [-0.39, 0.29) is 0 Å². The fourth-order valence-corrected chi connectivity index (χ4v) is 2.73. The molecule has 2 aromatic carbocycles. The molecule has 0 aliphatic rings. The number of nitrogens with one attached hydrogen (secondary N) is 1. The minimum absolute atomic E-state index is 0.392. The maximum Gasteiger partial charge on any atom is 0.166 e. The zero-order valence-electron chi connectivity index (χ0n) is 12.0. The molecule has 0 amide bonds. The van der Waals surface area contributed by atoms with Crippen LogP contribution >= 0.6 is 27.5 Å². The summed E-state index contributed by atoms with van der Waals surface area (Å²) < 4.78 is 12.3. The number of hydrogen-bond donors (Lipinski definition) is 1. The van der Waals surface area contributed by atoms with Crippen LogP contribution in [-0.4, -0.2) is 14.2 Å². The van der Waals surface area contributed by atoms with Gasteiger partial charge in [0.05, 0.1) is 7.11 Å². The molecule has 5 heteroatoms. The first-order valence-corrected chi connectivity index (χ1v) is 7.70. The molecule has 2 rings (SSSR count). The van der Waals surface area contributed by atoms with Gasteiger partial charge in [-0.2, -0.15) is 0 Å². The topological polar surface area (TPSA) is 30.5 Å². The normalized spacial score (nSPS) is 10.5. The van der Waals surface area contributed by atoms with Gasteiger partial charge in [-0.05, 0) is 25.2 Å². The third-order valence-electron chi connectivity index (χ3n) is 3.03. The van der Waals surface area contributed by atoms with Crippen LogP contribution in [0.5, 0.6) is 11.5 Å². The van der Waals surface area contributed by atoms with E-state index in [1.807, 2.05) is 43.4 Å². The lowest BCUT2D eigenvalue weighted by Crippen LogP contribution is -2.08. The fourth-order valence-electron chi connectivity index (χ4n) is 2.00. The third kappa shape index (κ3) is 4.13. The van der Waals surface area contributed by atoms with E-state index in [1.54, 1.807) is 7.11 Å². The highest BCUT2D eigenvalue weighted by Gasteiger charge is 2.11. The monoisotopic (exact) mass is 369 g/mol. The number of para-hydroxylation sites is 1. The summed E-state index contributed by atoms with van der Waals surface area (Å²) in [4.78, 5) is 0. The van der Waals surface area contributed by atoms with Crippen molar-refractivity contribution in [1.82, 2.24) is 5.32 Å². The van der Waals surface area contributed by atoms with E-state index in [0.29, 0.717) is 18.2 Å². The van der Waals surface area contributed by atoms with Gasteiger partial charge < -0.3 is 14.8 Å². The third-order valence-corrected chi connectivity index (χ3v) is 3.88. The molecule has 21 heavy (non-hydrogen) atoms. The van der Waals surface area contributed by atoms with Gasteiger partial charge in [-0.1, -0.05) is 45.7 Å². The zero-order chi connectivity index (χ0) is 15.2. The Balaban J connectivity index is 2.22. The van der Waals surface area contributed by atoms with Crippen LogP contribution in [0.3, 0.4) is 0 Å². The molecule has 0 saturated carbocycles. The van der Waals surface area contributed by atoms with Crippen LogP contribution in [0.2, 0.25) is 5.02 Å². The highest BCUT2D eigenvalue weighted by atomic mass is 79.9. The van der Waals surface area contributed by atoms with E-state index in [0.717, 1.165) is 27.1 Å². The van der Waals surface area contributed by atoms with Crippen molar-refractivity contribution >= 4 is 27.5 Å². The first kappa shape index (κ1) is 16.1. The van der Waals surface area contributed by atoms with E-state index in [1.165, 1.54) is 0 Å². The minimum atomic E-state index is 0.392. The second-order valence-corrected chi connectivity index (χ2v) is 5.83. The van der Waals surface area contributed by atoms with Crippen molar-refractivity contribution in [3.05, 3.63) is 57.0 Å². The molecule has 0 radical (unpaired) electrons. The molecule has 0 saturated heterocycles. The molecule has 0 aliphatic carbocycles. The van der Waals surface area contributed by atoms with E-state index in [9.17, 15) is 0 Å². The van der Waals surface area contributed by atoms with Crippen LogP contribution in [0.15, 0.2) is 40.9 Å². The maximum absolute atomic E-state index is 6.22. The average Bonchev–Trinajstić information content (AvgIpc) is 2.47. The largest absolute Gasteiger partial charge is 0.493 e. The van der Waals surface area contributed by atoms with Crippen molar-refractivity contribution in [2.75, 3.05) is 14.2 Å². The Bertz CT molecular complexity index is 619. The van der Waals surface area contributed by atoms with Gasteiger partial charge in [-0.3, -0.25) is 0 Å². The summed E-state index contributed by atoms with van der Waals surface area (Å²) in [5.74, 6) is 1.46. The highest BCUT2D eigenvalue weighted by Crippen LogP contribution is 2.32. The van der Waals surface area contributed by atoms with Crippen LogP contribution in [0.4, 0.5) is 0 Å². The first-order chi connectivity index (χ1) is 10.2. The van der Waals surface area contributed by atoms with Gasteiger partial charge in [0.1, 0.15) is 6.61 Å². The number of benzene rings is 2. The van der Waals surface area contributed by atoms with Gasteiger partial charge in [-0.15, -0.1) is 0 Å². The molecule has 3 nitrogen and oxygen atoms in total. The van der Waals surface area contributed by atoms with E-state index >= 15 is 0 Å². The molecule has 0 unspecified atom stereocenters. The van der Waals surface area contributed by atoms with E-state index < -0.39 is 0 Å². The number of hydrogen-bond acceptors (Lipinski definition) is 3. The van der Waals surface area contributed by atoms with E-state index in [4.69, 9.17) is 21.1 Å². The summed E-state index contributed by atoms with van der Waals surface area (Å²) in [5, 5.41) is 3.80. The summed E-state index contributed by atoms with van der Waals surface area (Å²) in [5.41, 5.74) is 1.98. The van der Waals surface area contributed by atoms with Crippen LogP contribution in [0.1, 0.15) is 11.1 Å². The average molecular weight is 371 g/mol. The fraction of sp³-hybridized carbons (Fsp3) is 0.250. The van der Waals surface area contributed by atoms with Crippen molar-refractivity contribution in [1.29, 1.82) is 0 Å². The van der Waals surface area contributed by atoms with Crippen molar-refractivity contribution in [2.24, 2.45) is 0 Å². The standard InChI is InChI=1S/C16H17BrClNO2/c1-19-9-11-4-3-5-15(20-2)16(11)21-10-12-6-7-13(17)8-14(12)18/h3-8,19H,9-10H2,1-2H3. The van der Waals surface area contributed by atoms with Gasteiger partial charge in [0.15, 0.2) is 11.5 Å². The Morgan fingerprint density at radius 3 is 2.67 bits per heavy atom. The van der Waals surface area contributed by atoms with Gasteiger partial charge >= 0.3 is 0 Å². The van der Waals surface area contributed by atoms with Crippen molar-refractivity contribution in [2.45, 2.75) is 13.2 Å². The molecule has 0 fully saturated rings. The lowest BCUT2D eigenvalue weighted by Gasteiger charge is -2.15. The lowest BCUT2D eigenvalue weighted by molar-refractivity contribution is 0.281. The molecule has 2 aromatic rings. The predicted octanol–water partition coefficient (Wildman–Crippen LogP) is 4.41. The van der Waals surface area contributed by atoms with Crippen LogP contribution < -0.4 is 14.8 Å². The van der Waals surface area contributed by atoms with Gasteiger partial charge in [0.25, 0.3) is 0 Å². The number of rotatable bonds is 6. The molecule has 0 heterocycles. The summed E-state index contributed by atoms with van der Waals surface area (Å²) >= 11 is 9.61. The van der Waals surface area contributed by atoms with Crippen LogP contribution in [0.25, 0.3) is 0 Å². The summed E-state index contributed by atoms with van der Waals surface area (Å²) in [6, 6.07) is 11.6. The van der Waals surface area contributed by atoms with E-state index in [2.05, 4.69) is 21.2 Å². The van der Waals surface area contributed by atoms with Crippen LogP contribution in [0, 0.1) is 0 Å². The molecule has 0 bridgehead atoms. The number of methoxy groups -OCH3 is 1. The second-order valence-electron chi connectivity index (χ2n) is 4.50. The Morgan fingerprint density at radius 2 is 2.00 bits per heavy atom. The molecule has 0 aliphatic heterocycles. The van der Waals surface area contributed by atoms with Crippen molar-refractivity contribution in [3.63, 3.8) is 0 Å². The lowest BCUT2D eigenvalue weighted by atomic mass is 10.1. The second kappa shape index (κ2) is 7.69. The maximum atomic E-state index is 6.22. The summed E-state index contributed by atoms with van der Waals surface area (Å²) in [6.45, 7) is 1.10. The zero-order valence-corrected chi connectivity index (χ0v) is 14.3. The molecular formula is C16H17BrClNO2. The van der Waals surface area contributed by atoms with Crippen LogP contribution in [-0.2, 0) is 13.2 Å². The smallest absolute Gasteiger partial charge is 0.166 e. The highest BCUT2D eigenvalue weighted by molar-refractivity contribution is 9.10. The SMILES string of the molecule is CNCc1cccc(OC)c1OCc1ccc(Br)cc1Cl. The molecular weight excluding hydrogens is 354 g/mol. The van der Waals surface area contributed by atoms with Gasteiger partial charge in [-0.25, -0.2) is 0 Å². The molecule has 0 atom stereocenters. The Morgan fingerprint density at radius 1 is 1.19 bits per heavy atom. The Hall–Kier alpha value is -1.23. The number of halogens is 2. The van der Waals surface area contributed by atoms with Gasteiger partial charge in [0, 0.05) is 27.2 Å². The molecule has 1 N–H and O–H groups in total. The summed E-state index contributed by atoms with van der Waals surface area (Å²) in [6.07, 6.45) is 0. The first-order valence-electron chi connectivity index (χ1n) is 6.53. The quantitative estimate of drug-likeness (QED) is 0.817. The molecule has 112 valence electrons. The number of ether oxygens (including phenoxy) is 2. The summed E-state index contributed by atoms with van der Waals surface area (Å²) in [7, 11) is 3.53.